The van der Waals surface area contributed by atoms with E-state index >= 15 is 0 Å². The fraction of sp³-hybridized carbons (Fsp3) is 0.368. The molecule has 0 N–H and O–H groups in total. The van der Waals surface area contributed by atoms with Gasteiger partial charge in [0.15, 0.2) is 0 Å². The van der Waals surface area contributed by atoms with Gasteiger partial charge in [0.1, 0.15) is 0 Å². The van der Waals surface area contributed by atoms with Gasteiger partial charge < -0.3 is 4.90 Å². The summed E-state index contributed by atoms with van der Waals surface area (Å²) in [6.45, 7) is 1.74. The maximum Gasteiger partial charge on any atom is 0.227 e. The summed E-state index contributed by atoms with van der Waals surface area (Å²) >= 11 is 0. The van der Waals surface area contributed by atoms with Gasteiger partial charge in [-0.3, -0.25) is 9.78 Å². The summed E-state index contributed by atoms with van der Waals surface area (Å²) in [4.78, 5) is 18.5. The number of hydrogen-bond donors (Lipinski definition) is 0. The van der Waals surface area contributed by atoms with Crippen LogP contribution in [0.2, 0.25) is 0 Å². The number of rotatable bonds is 3. The van der Waals surface area contributed by atoms with Gasteiger partial charge in [0.2, 0.25) is 5.91 Å². The standard InChI is InChI=1S/C19H22N2O/c22-19(13-16-7-6-11-20-14-16)21-12-10-18(15-21)17-8-4-2-1-3-5-9-17/h1-4,6-7,9,11,14,18H,5,8,10,12-13,15H2/b3-1-,4-2?,17-9+. The average molecular weight is 294 g/mol. The van der Waals surface area contributed by atoms with E-state index in [-0.39, 0.29) is 5.91 Å². The largest absolute Gasteiger partial charge is 0.342 e. The minimum Gasteiger partial charge on any atom is -0.342 e. The molecule has 1 fully saturated rings. The van der Waals surface area contributed by atoms with Crippen molar-refractivity contribution in [2.75, 3.05) is 13.1 Å². The lowest BCUT2D eigenvalue weighted by Crippen LogP contribution is -2.30. The fourth-order valence-electron chi connectivity index (χ4n) is 3.15. The summed E-state index contributed by atoms with van der Waals surface area (Å²) in [6, 6.07) is 3.85. The van der Waals surface area contributed by atoms with Crippen LogP contribution < -0.4 is 0 Å². The highest BCUT2D eigenvalue weighted by Gasteiger charge is 2.28. The van der Waals surface area contributed by atoms with E-state index in [1.807, 2.05) is 17.0 Å². The third kappa shape index (κ3) is 3.73. The van der Waals surface area contributed by atoms with Gasteiger partial charge in [-0.2, -0.15) is 0 Å². The molecular formula is C19H22N2O. The van der Waals surface area contributed by atoms with Gasteiger partial charge in [-0.05, 0) is 36.8 Å². The molecule has 1 unspecified atom stereocenters. The summed E-state index contributed by atoms with van der Waals surface area (Å²) in [5.41, 5.74) is 2.48. The molecule has 22 heavy (non-hydrogen) atoms. The number of carbonyl (C=O) groups is 1. The van der Waals surface area contributed by atoms with Gasteiger partial charge in [-0.1, -0.05) is 42.0 Å². The van der Waals surface area contributed by atoms with E-state index in [9.17, 15) is 4.79 Å². The molecule has 0 bridgehead atoms. The maximum atomic E-state index is 12.4. The predicted octanol–water partition coefficient (Wildman–Crippen LogP) is 3.31. The molecule has 3 heteroatoms. The third-order valence-electron chi connectivity index (χ3n) is 4.40. The van der Waals surface area contributed by atoms with Crippen molar-refractivity contribution in [2.24, 2.45) is 5.92 Å². The maximum absolute atomic E-state index is 12.4. The van der Waals surface area contributed by atoms with Crippen molar-refractivity contribution in [2.45, 2.75) is 25.7 Å². The number of nitrogens with zero attached hydrogens (tertiary/aromatic N) is 2. The van der Waals surface area contributed by atoms with Crippen LogP contribution in [0.5, 0.6) is 0 Å². The van der Waals surface area contributed by atoms with Crippen LogP contribution in [-0.4, -0.2) is 28.9 Å². The Kier molecular flexibility index (Phi) is 4.84. The summed E-state index contributed by atoms with van der Waals surface area (Å²) in [5, 5.41) is 0. The molecule has 3 nitrogen and oxygen atoms in total. The monoisotopic (exact) mass is 294 g/mol. The highest BCUT2D eigenvalue weighted by molar-refractivity contribution is 5.79. The minimum absolute atomic E-state index is 0.220. The summed E-state index contributed by atoms with van der Waals surface area (Å²) in [6.07, 6.45) is 18.0. The first-order valence-corrected chi connectivity index (χ1v) is 8.00. The van der Waals surface area contributed by atoms with Crippen molar-refractivity contribution in [3.05, 3.63) is 66.0 Å². The third-order valence-corrected chi connectivity index (χ3v) is 4.40. The second-order valence-corrected chi connectivity index (χ2v) is 5.94. The topological polar surface area (TPSA) is 33.2 Å². The van der Waals surface area contributed by atoms with Crippen molar-refractivity contribution in [3.63, 3.8) is 0 Å². The summed E-state index contributed by atoms with van der Waals surface area (Å²) in [5.74, 6) is 0.742. The Morgan fingerprint density at radius 3 is 3.09 bits per heavy atom. The van der Waals surface area contributed by atoms with E-state index in [2.05, 4.69) is 35.4 Å². The van der Waals surface area contributed by atoms with Crippen LogP contribution in [0.1, 0.15) is 24.8 Å². The Labute approximate surface area is 132 Å². The highest BCUT2D eigenvalue weighted by Crippen LogP contribution is 2.28. The number of amides is 1. The predicted molar refractivity (Wildman–Crippen MR) is 88.2 cm³/mol. The molecule has 1 aromatic rings. The number of hydrogen-bond acceptors (Lipinski definition) is 2. The molecule has 0 aromatic carbocycles. The quantitative estimate of drug-likeness (QED) is 0.801. The SMILES string of the molecule is O=C(Cc1cccnc1)N1CCC(/C2=C/C/C=C\C=CC2)C1. The first-order valence-electron chi connectivity index (χ1n) is 8.00. The van der Waals surface area contributed by atoms with Gasteiger partial charge in [0, 0.05) is 25.5 Å². The zero-order valence-corrected chi connectivity index (χ0v) is 12.8. The molecule has 114 valence electrons. The van der Waals surface area contributed by atoms with Gasteiger partial charge >= 0.3 is 0 Å². The van der Waals surface area contributed by atoms with Crippen LogP contribution in [-0.2, 0) is 11.2 Å². The molecule has 1 aliphatic heterocycles. The van der Waals surface area contributed by atoms with E-state index in [1.54, 1.807) is 12.4 Å². The lowest BCUT2D eigenvalue weighted by Gasteiger charge is -2.18. The van der Waals surface area contributed by atoms with Crippen LogP contribution in [0, 0.1) is 5.92 Å². The van der Waals surface area contributed by atoms with Crippen molar-refractivity contribution in [1.82, 2.24) is 9.88 Å². The van der Waals surface area contributed by atoms with Gasteiger partial charge in [-0.25, -0.2) is 0 Å². The summed E-state index contributed by atoms with van der Waals surface area (Å²) < 4.78 is 0. The molecule has 1 aromatic heterocycles. The number of pyridine rings is 1. The second-order valence-electron chi connectivity index (χ2n) is 5.94. The molecule has 1 atom stereocenters. The number of allylic oxidation sites excluding steroid dienone is 5. The molecule has 0 radical (unpaired) electrons. The second kappa shape index (κ2) is 7.21. The molecule has 1 saturated heterocycles. The Morgan fingerprint density at radius 2 is 2.23 bits per heavy atom. The van der Waals surface area contributed by atoms with Gasteiger partial charge in [-0.15, -0.1) is 0 Å². The van der Waals surface area contributed by atoms with Crippen molar-refractivity contribution < 1.29 is 4.79 Å². The van der Waals surface area contributed by atoms with E-state index in [4.69, 9.17) is 0 Å². The molecule has 0 spiro atoms. The summed E-state index contributed by atoms with van der Waals surface area (Å²) in [7, 11) is 0. The zero-order chi connectivity index (χ0) is 15.2. The Hall–Kier alpha value is -2.16. The lowest BCUT2D eigenvalue weighted by molar-refractivity contribution is -0.129. The minimum atomic E-state index is 0.220. The van der Waals surface area contributed by atoms with Crippen molar-refractivity contribution in [1.29, 1.82) is 0 Å². The highest BCUT2D eigenvalue weighted by atomic mass is 16.2. The van der Waals surface area contributed by atoms with Crippen LogP contribution in [0.15, 0.2) is 60.5 Å². The Morgan fingerprint density at radius 1 is 1.32 bits per heavy atom. The Bertz CT molecular complexity index is 601. The van der Waals surface area contributed by atoms with Crippen LogP contribution in [0.3, 0.4) is 0 Å². The first-order chi connectivity index (χ1) is 10.8. The first kappa shape index (κ1) is 14.8. The normalized spacial score (nSPS) is 25.2. The molecule has 1 aliphatic carbocycles. The van der Waals surface area contributed by atoms with Crippen molar-refractivity contribution in [3.8, 4) is 0 Å². The molecular weight excluding hydrogens is 272 g/mol. The molecule has 1 amide bonds. The van der Waals surface area contributed by atoms with Crippen LogP contribution in [0.25, 0.3) is 0 Å². The van der Waals surface area contributed by atoms with Crippen LogP contribution in [0.4, 0.5) is 0 Å². The Balaban J connectivity index is 1.58. The lowest BCUT2D eigenvalue weighted by atomic mass is 9.93. The van der Waals surface area contributed by atoms with Gasteiger partial charge in [0.25, 0.3) is 0 Å². The van der Waals surface area contributed by atoms with E-state index in [1.165, 1.54) is 5.57 Å². The van der Waals surface area contributed by atoms with E-state index < -0.39 is 0 Å². The number of carbonyl (C=O) groups excluding carboxylic acids is 1. The molecule has 3 rings (SSSR count). The van der Waals surface area contributed by atoms with E-state index in [0.717, 1.165) is 37.9 Å². The zero-order valence-electron chi connectivity index (χ0n) is 12.8. The molecule has 2 aliphatic rings. The average Bonchev–Trinajstić information content (AvgIpc) is 2.98. The van der Waals surface area contributed by atoms with Crippen molar-refractivity contribution >= 4 is 5.91 Å². The number of aromatic nitrogens is 1. The smallest absolute Gasteiger partial charge is 0.227 e. The van der Waals surface area contributed by atoms with E-state index in [0.29, 0.717) is 12.3 Å². The fourth-order valence-corrected chi connectivity index (χ4v) is 3.15. The number of likely N-dealkylation sites (tertiary alicyclic amines) is 1. The molecule has 2 heterocycles. The van der Waals surface area contributed by atoms with Crippen LogP contribution >= 0.6 is 0 Å². The molecule has 0 saturated carbocycles. The van der Waals surface area contributed by atoms with Gasteiger partial charge in [0.05, 0.1) is 6.42 Å².